The Balaban J connectivity index is 2.39. The van der Waals surface area contributed by atoms with Crippen molar-refractivity contribution in [1.82, 2.24) is 0 Å². The van der Waals surface area contributed by atoms with Crippen molar-refractivity contribution >= 4 is 5.91 Å². The third-order valence-corrected chi connectivity index (χ3v) is 4.57. The fourth-order valence-electron chi connectivity index (χ4n) is 3.02. The molecule has 2 nitrogen and oxygen atoms in total. The molecule has 1 aromatic carbocycles. The number of benzene rings is 1. The largest absolute Gasteiger partial charge is 0.366 e. The average molecular weight is 316 g/mol. The first kappa shape index (κ1) is 19.5. The fraction of sp³-hybridized carbons (Fsp3) is 0.571. The summed E-state index contributed by atoms with van der Waals surface area (Å²) in [5.41, 5.74) is 7.22. The van der Waals surface area contributed by atoms with Gasteiger partial charge in [-0.3, -0.25) is 4.79 Å². The van der Waals surface area contributed by atoms with E-state index in [1.807, 2.05) is 0 Å². The van der Waals surface area contributed by atoms with Gasteiger partial charge in [-0.15, -0.1) is 0 Å². The minimum Gasteiger partial charge on any atom is -0.366 e. The van der Waals surface area contributed by atoms with Crippen LogP contribution in [0.4, 0.5) is 0 Å². The van der Waals surface area contributed by atoms with Crippen molar-refractivity contribution in [2.24, 2.45) is 5.73 Å². The van der Waals surface area contributed by atoms with Crippen LogP contribution in [0, 0.1) is 0 Å². The van der Waals surface area contributed by atoms with Crippen LogP contribution in [-0.4, -0.2) is 5.91 Å². The van der Waals surface area contributed by atoms with Gasteiger partial charge in [0.05, 0.1) is 0 Å². The van der Waals surface area contributed by atoms with Crippen molar-refractivity contribution in [2.45, 2.75) is 77.0 Å². The van der Waals surface area contributed by atoms with Crippen LogP contribution in [0.3, 0.4) is 0 Å². The Hall–Kier alpha value is -1.57. The van der Waals surface area contributed by atoms with Crippen LogP contribution >= 0.6 is 0 Å². The number of carbonyl (C=O) groups excluding carboxylic acids is 1. The highest BCUT2D eigenvalue weighted by Crippen LogP contribution is 2.28. The van der Waals surface area contributed by atoms with Gasteiger partial charge in [0.15, 0.2) is 0 Å². The average Bonchev–Trinajstić information content (AvgIpc) is 2.57. The summed E-state index contributed by atoms with van der Waals surface area (Å²) < 4.78 is 0. The summed E-state index contributed by atoms with van der Waals surface area (Å²) in [5.74, 6) is 0.135. The van der Waals surface area contributed by atoms with Crippen molar-refractivity contribution in [2.75, 3.05) is 0 Å². The van der Waals surface area contributed by atoms with Gasteiger partial charge in [0, 0.05) is 5.57 Å². The van der Waals surface area contributed by atoms with Crippen molar-refractivity contribution in [3.05, 3.63) is 48.0 Å². The van der Waals surface area contributed by atoms with E-state index in [0.717, 1.165) is 6.42 Å². The van der Waals surface area contributed by atoms with Crippen molar-refractivity contribution < 1.29 is 4.79 Å². The van der Waals surface area contributed by atoms with Crippen molar-refractivity contribution in [1.29, 1.82) is 0 Å². The van der Waals surface area contributed by atoms with E-state index in [1.54, 1.807) is 0 Å². The van der Waals surface area contributed by atoms with Gasteiger partial charge >= 0.3 is 0 Å². The van der Waals surface area contributed by atoms with Gasteiger partial charge < -0.3 is 5.73 Å². The molecule has 0 saturated carbocycles. The number of rotatable bonds is 13. The van der Waals surface area contributed by atoms with Gasteiger partial charge in [0.25, 0.3) is 0 Å². The molecule has 23 heavy (non-hydrogen) atoms. The Labute approximate surface area is 142 Å². The van der Waals surface area contributed by atoms with Gasteiger partial charge in [-0.25, -0.2) is 0 Å². The second-order valence-electron chi connectivity index (χ2n) is 6.52. The zero-order valence-corrected chi connectivity index (χ0v) is 14.7. The van der Waals surface area contributed by atoms with Crippen molar-refractivity contribution in [3.8, 4) is 0 Å². The maximum atomic E-state index is 11.2. The Morgan fingerprint density at radius 1 is 1.00 bits per heavy atom. The summed E-state index contributed by atoms with van der Waals surface area (Å²) >= 11 is 0. The molecule has 1 unspecified atom stereocenters. The molecule has 0 fully saturated rings. The molecule has 1 amide bonds. The second kappa shape index (κ2) is 11.9. The van der Waals surface area contributed by atoms with Crippen molar-refractivity contribution in [3.63, 3.8) is 0 Å². The van der Waals surface area contributed by atoms with E-state index < -0.39 is 0 Å². The summed E-state index contributed by atoms with van der Waals surface area (Å²) in [6.45, 7) is 6.04. The molecule has 2 N–H and O–H groups in total. The molecule has 1 rings (SSSR count). The predicted molar refractivity (Wildman–Crippen MR) is 99.4 cm³/mol. The highest BCUT2D eigenvalue weighted by Gasteiger charge is 2.13. The molecule has 0 aliphatic carbocycles. The Morgan fingerprint density at radius 2 is 1.61 bits per heavy atom. The molecule has 1 atom stereocenters. The highest BCUT2D eigenvalue weighted by atomic mass is 16.1. The van der Waals surface area contributed by atoms with Crippen LogP contribution in [0.5, 0.6) is 0 Å². The lowest BCUT2D eigenvalue weighted by Gasteiger charge is -2.17. The van der Waals surface area contributed by atoms with E-state index in [0.29, 0.717) is 17.9 Å². The maximum absolute atomic E-state index is 11.2. The quantitative estimate of drug-likeness (QED) is 0.366. The number of unbranched alkanes of at least 4 members (excludes halogenated alkanes) is 6. The van der Waals surface area contributed by atoms with Gasteiger partial charge in [-0.05, 0) is 30.7 Å². The minimum atomic E-state index is -0.368. The summed E-state index contributed by atoms with van der Waals surface area (Å²) in [6.07, 6.45) is 12.2. The number of nitrogens with two attached hydrogens (primary N) is 1. The summed E-state index contributed by atoms with van der Waals surface area (Å²) in [5, 5.41) is 0. The lowest BCUT2D eigenvalue weighted by molar-refractivity contribution is -0.114. The maximum Gasteiger partial charge on any atom is 0.244 e. The molecule has 2 heteroatoms. The van der Waals surface area contributed by atoms with E-state index in [1.165, 1.54) is 56.9 Å². The normalized spacial score (nSPS) is 12.0. The monoisotopic (exact) mass is 315 g/mol. The lowest BCUT2D eigenvalue weighted by atomic mass is 9.88. The topological polar surface area (TPSA) is 43.1 Å². The fourth-order valence-corrected chi connectivity index (χ4v) is 3.02. The molecular formula is C21H33NO. The highest BCUT2D eigenvalue weighted by molar-refractivity contribution is 5.91. The number of hydrogen-bond donors (Lipinski definition) is 1. The molecule has 0 bridgehead atoms. The number of carbonyl (C=O) groups is 1. The molecule has 0 spiro atoms. The van der Waals surface area contributed by atoms with Gasteiger partial charge in [0.2, 0.25) is 5.91 Å². The van der Waals surface area contributed by atoms with E-state index in [-0.39, 0.29) is 5.91 Å². The van der Waals surface area contributed by atoms with Crippen LogP contribution < -0.4 is 5.73 Å². The Morgan fingerprint density at radius 3 is 2.22 bits per heavy atom. The van der Waals surface area contributed by atoms with Gasteiger partial charge in [-0.2, -0.15) is 0 Å². The standard InChI is InChI=1S/C21H33NO/c1-3-4-5-6-7-8-10-15-20(17-16-18(2)21(22)23)19-13-11-9-12-14-19/h9,11-14,20H,2-8,10,15-17H2,1H3,(H2,22,23). The first-order chi connectivity index (χ1) is 11.1. The van der Waals surface area contributed by atoms with E-state index in [2.05, 4.69) is 43.8 Å². The smallest absolute Gasteiger partial charge is 0.244 e. The molecule has 1 aromatic rings. The molecule has 0 aromatic heterocycles. The number of amides is 1. The summed E-state index contributed by atoms with van der Waals surface area (Å²) in [6, 6.07) is 10.6. The number of primary amides is 1. The molecule has 0 aliphatic heterocycles. The van der Waals surface area contributed by atoms with Crippen LogP contribution in [0.1, 0.15) is 82.6 Å². The Bertz CT molecular complexity index is 452. The van der Waals surface area contributed by atoms with Crippen LogP contribution in [-0.2, 0) is 4.79 Å². The zero-order valence-electron chi connectivity index (χ0n) is 14.7. The molecule has 128 valence electrons. The van der Waals surface area contributed by atoms with Gasteiger partial charge in [0.1, 0.15) is 0 Å². The van der Waals surface area contributed by atoms with Crippen LogP contribution in [0.15, 0.2) is 42.5 Å². The van der Waals surface area contributed by atoms with Gasteiger partial charge in [-0.1, -0.05) is 88.8 Å². The van der Waals surface area contributed by atoms with E-state index in [4.69, 9.17) is 5.73 Å². The molecular weight excluding hydrogens is 282 g/mol. The Kier molecular flexibility index (Phi) is 10.1. The molecule has 0 aliphatic rings. The first-order valence-electron chi connectivity index (χ1n) is 9.17. The van der Waals surface area contributed by atoms with Crippen LogP contribution in [0.2, 0.25) is 0 Å². The van der Waals surface area contributed by atoms with E-state index >= 15 is 0 Å². The zero-order chi connectivity index (χ0) is 16.9. The molecule has 0 saturated heterocycles. The third kappa shape index (κ3) is 8.59. The van der Waals surface area contributed by atoms with E-state index in [9.17, 15) is 4.79 Å². The third-order valence-electron chi connectivity index (χ3n) is 4.57. The lowest BCUT2D eigenvalue weighted by Crippen LogP contribution is -2.13. The SMILES string of the molecule is C=C(CCC(CCCCCCCCC)c1ccccc1)C(N)=O. The second-order valence-corrected chi connectivity index (χ2v) is 6.52. The minimum absolute atomic E-state index is 0.368. The summed E-state index contributed by atoms with van der Waals surface area (Å²) in [4.78, 5) is 11.2. The summed E-state index contributed by atoms with van der Waals surface area (Å²) in [7, 11) is 0. The number of hydrogen-bond acceptors (Lipinski definition) is 1. The predicted octanol–water partition coefficient (Wildman–Crippen LogP) is 5.73. The molecule has 0 radical (unpaired) electrons. The molecule has 0 heterocycles. The van der Waals surface area contributed by atoms with Crippen LogP contribution in [0.25, 0.3) is 0 Å². The first-order valence-corrected chi connectivity index (χ1v) is 9.17.